The normalized spacial score (nSPS) is 25.5. The number of Topliss-reactive ketones (excluding diaryl/α,β-unsaturated/α-hetero) is 1. The second-order valence-corrected chi connectivity index (χ2v) is 33.0. The molecule has 1 saturated heterocycles. The number of amides is 1. The molecule has 3 aromatic carbocycles. The lowest BCUT2D eigenvalue weighted by Crippen LogP contribution is -2.81. The highest BCUT2D eigenvalue weighted by Gasteiger charge is 2.78. The maximum absolute atomic E-state index is 16.3. The lowest BCUT2D eigenvalue weighted by Gasteiger charge is -2.67. The molecule has 0 spiro atoms. The number of carbonyl (C=O) groups excluding carboxylic acids is 8. The predicted octanol–water partition coefficient (Wildman–Crippen LogP) is 9.71. The Kier molecular flexibility index (Phi) is 23.3. The molecule has 496 valence electrons. The molecular weight excluding hydrogens is 1240 g/mol. The first-order chi connectivity index (χ1) is 43.6. The van der Waals surface area contributed by atoms with Crippen LogP contribution < -0.4 is 5.32 Å². The molecule has 8 rings (SSSR count). The van der Waals surface area contributed by atoms with Crippen molar-refractivity contribution in [2.75, 3.05) is 45.6 Å². The van der Waals surface area contributed by atoms with Gasteiger partial charge in [-0.15, -0.1) is 0 Å². The van der Waals surface area contributed by atoms with Crippen molar-refractivity contribution < 1.29 is 90.5 Å². The summed E-state index contributed by atoms with van der Waals surface area (Å²) in [5.41, 5.74) is -6.03. The van der Waals surface area contributed by atoms with Crippen LogP contribution in [0.3, 0.4) is 0 Å². The van der Waals surface area contributed by atoms with E-state index in [0.717, 1.165) is 5.03 Å². The number of ketones is 1. The van der Waals surface area contributed by atoms with Gasteiger partial charge in [-0.05, 0) is 95.9 Å². The van der Waals surface area contributed by atoms with Crippen LogP contribution in [-0.4, -0.2) is 153 Å². The number of rotatable bonds is 27. The molecule has 3 fully saturated rings. The van der Waals surface area contributed by atoms with E-state index in [9.17, 15) is 33.9 Å². The monoisotopic (exact) mass is 1320 g/mol. The van der Waals surface area contributed by atoms with Crippen molar-refractivity contribution in [2.24, 2.45) is 22.7 Å². The average molecular weight is 1330 g/mol. The van der Waals surface area contributed by atoms with Gasteiger partial charge >= 0.3 is 35.8 Å². The zero-order valence-electron chi connectivity index (χ0n) is 53.9. The smallest absolute Gasteiger partial charge is 0.338 e. The molecule has 1 aliphatic heterocycles. The summed E-state index contributed by atoms with van der Waals surface area (Å²) in [5.74, 6) is -8.39. The third-order valence-corrected chi connectivity index (χ3v) is 25.3. The van der Waals surface area contributed by atoms with E-state index in [2.05, 4.69) is 10.3 Å². The van der Waals surface area contributed by atoms with Crippen LogP contribution in [0.5, 0.6) is 0 Å². The Hall–Kier alpha value is -6.77. The molecule has 1 unspecified atom stereocenters. The lowest BCUT2D eigenvalue weighted by molar-refractivity contribution is -0.346. The molecule has 1 amide bonds. The largest absolute Gasteiger partial charge is 0.461 e. The van der Waals surface area contributed by atoms with Crippen LogP contribution in [-0.2, 0) is 75.8 Å². The van der Waals surface area contributed by atoms with Crippen molar-refractivity contribution in [2.45, 2.75) is 159 Å². The number of fused-ring (bicyclic) bond motifs is 5. The Bertz CT molecular complexity index is 3320. The molecule has 4 aromatic rings. The Labute approximate surface area is 545 Å². The topological polar surface area (TPSA) is 274 Å². The predicted molar refractivity (Wildman–Crippen MR) is 342 cm³/mol. The third-order valence-electron chi connectivity index (χ3n) is 18.6. The van der Waals surface area contributed by atoms with Crippen molar-refractivity contribution in [1.29, 1.82) is 0 Å². The fourth-order valence-electron chi connectivity index (χ4n) is 12.8. The highest BCUT2D eigenvalue weighted by molar-refractivity contribution is 8.76. The summed E-state index contributed by atoms with van der Waals surface area (Å²) in [4.78, 5) is 119. The summed E-state index contributed by atoms with van der Waals surface area (Å²) in [7, 11) is 0.163. The number of nitrogens with one attached hydrogen (secondary N) is 1. The molecule has 2 N–H and O–H groups in total. The van der Waals surface area contributed by atoms with E-state index in [4.69, 9.17) is 47.1 Å². The molecule has 11 atom stereocenters. The van der Waals surface area contributed by atoms with Crippen molar-refractivity contribution in [3.05, 3.63) is 143 Å². The molecule has 0 radical (unpaired) electrons. The maximum Gasteiger partial charge on any atom is 0.338 e. The van der Waals surface area contributed by atoms with E-state index in [0.29, 0.717) is 34.6 Å². The Balaban J connectivity index is 1.07. The van der Waals surface area contributed by atoms with Gasteiger partial charge in [0.2, 0.25) is 6.79 Å². The van der Waals surface area contributed by atoms with Crippen LogP contribution in [0.1, 0.15) is 120 Å². The summed E-state index contributed by atoms with van der Waals surface area (Å²) in [6.45, 7) is 18.7. The summed E-state index contributed by atoms with van der Waals surface area (Å²) in [5, 5.41) is 17.9. The maximum atomic E-state index is 16.3. The minimum atomic E-state index is -2.96. The highest BCUT2D eigenvalue weighted by atomic mass is 33.1. The van der Waals surface area contributed by atoms with Gasteiger partial charge in [-0.1, -0.05) is 125 Å². The number of nitrogens with zero attached hydrogens (tertiary/aromatic N) is 1. The first kappa shape index (κ1) is 71.1. The van der Waals surface area contributed by atoms with Crippen LogP contribution in [0.25, 0.3) is 0 Å². The quantitative estimate of drug-likeness (QED) is 0.0107. The Morgan fingerprint density at radius 3 is 2.03 bits per heavy atom. The molecule has 92 heavy (non-hydrogen) atoms. The second kappa shape index (κ2) is 30.1. The van der Waals surface area contributed by atoms with E-state index >= 15 is 9.59 Å². The fraction of sp³-hybridized carbons (Fsp3) is 0.515. The summed E-state index contributed by atoms with van der Waals surface area (Å²) >= 11 is 0. The first-order valence-electron chi connectivity index (χ1n) is 30.8. The van der Waals surface area contributed by atoms with E-state index in [1.165, 1.54) is 36.8 Å². The van der Waals surface area contributed by atoms with Crippen LogP contribution >= 0.6 is 21.6 Å². The number of aromatic nitrogens is 1. The molecule has 21 nitrogen and oxygen atoms in total. The molecule has 3 aliphatic carbocycles. The van der Waals surface area contributed by atoms with Gasteiger partial charge in [0.05, 0.1) is 62.2 Å². The Morgan fingerprint density at radius 2 is 1.41 bits per heavy atom. The molecule has 2 saturated carbocycles. The van der Waals surface area contributed by atoms with Crippen molar-refractivity contribution in [1.82, 2.24) is 10.3 Å². The second-order valence-electron chi connectivity index (χ2n) is 25.8. The van der Waals surface area contributed by atoms with E-state index in [1.54, 1.807) is 124 Å². The molecule has 2 bridgehead atoms. The number of benzene rings is 3. The first-order valence-corrected chi connectivity index (χ1v) is 36.0. The number of aliphatic hydroxyl groups is 1. The van der Waals surface area contributed by atoms with Crippen LogP contribution in [0.4, 0.5) is 0 Å². The number of ether oxygens (including phenoxy) is 9. The SMILES string of the molecule is CC(=O)O[C@@]12COC1C[C@H](OC(=O)CCC(=O)OCOC(=O)COCCOCCSSc1ccccn1)[C@@]1(C)C(=O)[C@H](C)C3=C(C)[C@@H](OC(=O)[C@H](O[Si](C)(C)C(C)(C)C)[C@@H](NC(=O)c4ccccc4)c4ccccc4)C[C@@](O)([C@@H](OC(=O)c4ccccc4)[C@@H]12)C3(C)C. The van der Waals surface area contributed by atoms with Crippen LogP contribution in [0.2, 0.25) is 18.1 Å². The van der Waals surface area contributed by atoms with E-state index in [-0.39, 0.29) is 31.8 Å². The standard InChI is InChI=1S/C68H84N2O19S2Si/c1-42-48(85-63(78)57(89-92(10,11)64(4,5)6)56(45-23-15-12-16-24-45)70-61(76)46-25-17-13-18-26-46)38-68(79)60(87-62(77)47-27-19-14-20-28-47)58-66(9,59(75)43(2)55(42)65(68,7)8)49(37-50-67(58,40-82-50)88-44(3)71)86-53(73)31-30-52(72)83-41-84-54(74)39-81-34-33-80-35-36-90-91-51-29-21-22-32-69-51/h12-29,32,43,48-50,56-58,60,79H,30-31,33-41H2,1-11H3,(H,70,76)/t43-,48+,49+,50?,56+,57-,58+,60+,66-,67+,68-/m1/s1. The molecule has 4 aliphatic rings. The average Bonchev–Trinajstić information content (AvgIpc) is 0.910. The van der Waals surface area contributed by atoms with Gasteiger partial charge in [-0.2, -0.15) is 0 Å². The van der Waals surface area contributed by atoms with Gasteiger partial charge in [0, 0.05) is 48.6 Å². The van der Waals surface area contributed by atoms with Gasteiger partial charge in [0.15, 0.2) is 20.0 Å². The van der Waals surface area contributed by atoms with Crippen molar-refractivity contribution >= 4 is 77.4 Å². The van der Waals surface area contributed by atoms with Crippen molar-refractivity contribution in [3.8, 4) is 0 Å². The number of hydrogen-bond acceptors (Lipinski definition) is 22. The third kappa shape index (κ3) is 15.7. The summed E-state index contributed by atoms with van der Waals surface area (Å²) in [6.07, 6.45) is -7.33. The minimum absolute atomic E-state index is 0.0639. The van der Waals surface area contributed by atoms with Gasteiger partial charge in [-0.25, -0.2) is 19.4 Å². The Morgan fingerprint density at radius 1 is 0.793 bits per heavy atom. The van der Waals surface area contributed by atoms with E-state index < -0.39 is 164 Å². The molecule has 24 heteroatoms. The van der Waals surface area contributed by atoms with Crippen molar-refractivity contribution in [3.63, 3.8) is 0 Å². The number of pyridine rings is 1. The van der Waals surface area contributed by atoms with Gasteiger partial charge in [0.25, 0.3) is 5.91 Å². The van der Waals surface area contributed by atoms with Gasteiger partial charge in [0.1, 0.15) is 47.4 Å². The zero-order valence-corrected chi connectivity index (χ0v) is 56.6. The highest BCUT2D eigenvalue weighted by Crippen LogP contribution is 2.65. The summed E-state index contributed by atoms with van der Waals surface area (Å²) in [6, 6.07) is 29.9. The molecular formula is C68H84N2O19S2Si. The minimum Gasteiger partial charge on any atom is -0.461 e. The van der Waals surface area contributed by atoms with Crippen LogP contribution in [0, 0.1) is 22.7 Å². The van der Waals surface area contributed by atoms with Gasteiger partial charge < -0.3 is 57.5 Å². The van der Waals surface area contributed by atoms with Crippen LogP contribution in [0.15, 0.2) is 132 Å². The molecule has 1 aromatic heterocycles. The lowest BCUT2D eigenvalue weighted by atomic mass is 9.43. The number of hydrogen-bond donors (Lipinski definition) is 2. The fourth-order valence-corrected chi connectivity index (χ4v) is 15.8. The number of esters is 6. The number of carbonyl (C=O) groups is 8. The van der Waals surface area contributed by atoms with Gasteiger partial charge in [-0.3, -0.25) is 24.0 Å². The van der Waals surface area contributed by atoms with E-state index in [1.807, 2.05) is 52.1 Å². The summed E-state index contributed by atoms with van der Waals surface area (Å²) < 4.78 is 60.3. The zero-order chi connectivity index (χ0) is 66.8. The molecule has 2 heterocycles.